The fraction of sp³-hybridized carbons (Fsp3) is 0.190. The number of anilines is 3. The molecule has 0 aliphatic heterocycles. The fourth-order valence-electron chi connectivity index (χ4n) is 2.66. The quantitative estimate of drug-likeness (QED) is 0.418. The van der Waals surface area contributed by atoms with Gasteiger partial charge in [0, 0.05) is 34.8 Å². The highest BCUT2D eigenvalue weighted by Crippen LogP contribution is 2.27. The molecule has 154 valence electrons. The minimum Gasteiger partial charge on any atom is -0.394 e. The lowest BCUT2D eigenvalue weighted by Crippen LogP contribution is -2.23. The smallest absolute Gasteiger partial charge is 0.229 e. The normalized spacial score (nSPS) is 11.6. The monoisotopic (exact) mass is 443 g/mol. The molecule has 30 heavy (non-hydrogen) atoms. The van der Waals surface area contributed by atoms with Crippen LogP contribution < -0.4 is 10.6 Å². The molecule has 0 aliphatic rings. The van der Waals surface area contributed by atoms with E-state index in [1.165, 1.54) is 0 Å². The van der Waals surface area contributed by atoms with Gasteiger partial charge in [-0.2, -0.15) is 10.2 Å². The molecule has 7 nitrogen and oxygen atoms in total. The second-order valence-corrected chi connectivity index (χ2v) is 7.29. The van der Waals surface area contributed by atoms with Gasteiger partial charge in [0.25, 0.3) is 0 Å². The highest BCUT2D eigenvalue weighted by atomic mass is 35.5. The zero-order valence-corrected chi connectivity index (χ0v) is 17.3. The fourth-order valence-corrected chi connectivity index (χ4v) is 3.19. The number of aromatic nitrogens is 2. The molecular weight excluding hydrogens is 425 g/mol. The molecule has 0 saturated carbocycles. The Balaban J connectivity index is 1.90. The number of nitrogens with one attached hydrogen (secondary N) is 2. The van der Waals surface area contributed by atoms with E-state index in [-0.39, 0.29) is 13.2 Å². The summed E-state index contributed by atoms with van der Waals surface area (Å²) in [6.07, 6.45) is -0.545. The molecule has 1 atom stereocenters. The molecule has 3 rings (SSSR count). The summed E-state index contributed by atoms with van der Waals surface area (Å²) >= 11 is 12.6. The van der Waals surface area contributed by atoms with Gasteiger partial charge < -0.3 is 20.8 Å². The van der Waals surface area contributed by atoms with Crippen molar-refractivity contribution in [2.24, 2.45) is 0 Å². The second-order valence-electron chi connectivity index (χ2n) is 6.48. The molecule has 2 aromatic carbocycles. The Bertz CT molecular complexity index is 1030. The van der Waals surface area contributed by atoms with Crippen LogP contribution in [0.5, 0.6) is 0 Å². The molecule has 4 N–H and O–H groups in total. The highest BCUT2D eigenvalue weighted by Gasteiger charge is 2.12. The van der Waals surface area contributed by atoms with Crippen molar-refractivity contribution in [3.8, 4) is 6.07 Å². The maximum absolute atomic E-state index is 9.62. The number of aliphatic hydroxyl groups excluding tert-OH is 2. The van der Waals surface area contributed by atoms with E-state index in [9.17, 15) is 5.11 Å². The minimum atomic E-state index is -0.920. The third-order valence-electron chi connectivity index (χ3n) is 4.20. The van der Waals surface area contributed by atoms with Crippen LogP contribution in [0.15, 0.2) is 48.5 Å². The summed E-state index contributed by atoms with van der Waals surface area (Å²) in [6.45, 7) is -0.243. The first-order chi connectivity index (χ1) is 14.5. The summed E-state index contributed by atoms with van der Waals surface area (Å²) in [4.78, 5) is 8.95. The Morgan fingerprint density at radius 3 is 2.40 bits per heavy atom. The third-order valence-corrected chi connectivity index (χ3v) is 4.91. The molecule has 0 fully saturated rings. The molecule has 0 amide bonds. The number of nitrogens with zero attached hydrogens (tertiary/aromatic N) is 3. The Hall–Kier alpha value is -2.89. The van der Waals surface area contributed by atoms with Crippen LogP contribution in [-0.4, -0.2) is 39.4 Å². The summed E-state index contributed by atoms with van der Waals surface area (Å²) in [5.41, 5.74) is 2.65. The average molecular weight is 444 g/mol. The van der Waals surface area contributed by atoms with Crippen LogP contribution in [-0.2, 0) is 6.42 Å². The van der Waals surface area contributed by atoms with Crippen LogP contribution in [0.25, 0.3) is 0 Å². The van der Waals surface area contributed by atoms with Gasteiger partial charge in [0.2, 0.25) is 5.95 Å². The average Bonchev–Trinajstić information content (AvgIpc) is 2.75. The zero-order valence-electron chi connectivity index (χ0n) is 15.8. The van der Waals surface area contributed by atoms with E-state index in [1.807, 2.05) is 0 Å². The molecule has 0 radical (unpaired) electrons. The van der Waals surface area contributed by atoms with E-state index in [0.717, 1.165) is 5.56 Å². The van der Waals surface area contributed by atoms with Gasteiger partial charge >= 0.3 is 0 Å². The van der Waals surface area contributed by atoms with Crippen LogP contribution in [0.3, 0.4) is 0 Å². The molecule has 0 saturated heterocycles. The van der Waals surface area contributed by atoms with Crippen molar-refractivity contribution in [3.63, 3.8) is 0 Å². The summed E-state index contributed by atoms with van der Waals surface area (Å²) in [7, 11) is 0. The van der Waals surface area contributed by atoms with Crippen LogP contribution >= 0.6 is 23.2 Å². The third kappa shape index (κ3) is 5.81. The number of rotatable bonds is 8. The van der Waals surface area contributed by atoms with Crippen molar-refractivity contribution >= 4 is 40.7 Å². The number of benzene rings is 2. The van der Waals surface area contributed by atoms with Crippen LogP contribution in [0.1, 0.15) is 16.8 Å². The van der Waals surface area contributed by atoms with Gasteiger partial charge in [0.15, 0.2) is 0 Å². The summed E-state index contributed by atoms with van der Waals surface area (Å²) < 4.78 is 0. The van der Waals surface area contributed by atoms with Crippen LogP contribution in [0.4, 0.5) is 17.5 Å². The van der Waals surface area contributed by atoms with Crippen molar-refractivity contribution in [2.75, 3.05) is 23.8 Å². The highest BCUT2D eigenvalue weighted by molar-refractivity contribution is 6.36. The largest absolute Gasteiger partial charge is 0.394 e. The molecule has 3 aromatic rings. The first kappa shape index (κ1) is 21.8. The van der Waals surface area contributed by atoms with Crippen LogP contribution in [0, 0.1) is 11.3 Å². The number of halogens is 2. The standard InChI is InChI=1S/C21H19Cl2N5O2/c22-18-2-1-3-19(23)17(18)8-15-9-20(25-11-16(30)12-29)28-21(27-15)26-14-6-4-13(10-24)5-7-14/h1-7,9,16,29-30H,8,11-12H2,(H2,25,26,27,28). The van der Waals surface area contributed by atoms with E-state index in [4.69, 9.17) is 33.6 Å². The second kappa shape index (κ2) is 10.2. The molecular formula is C21H19Cl2N5O2. The summed E-state index contributed by atoms with van der Waals surface area (Å²) in [6, 6.07) is 16.0. The van der Waals surface area contributed by atoms with Crippen molar-refractivity contribution in [2.45, 2.75) is 12.5 Å². The number of hydrogen-bond acceptors (Lipinski definition) is 7. The number of hydrogen-bond donors (Lipinski definition) is 4. The summed E-state index contributed by atoms with van der Waals surface area (Å²) in [5, 5.41) is 34.7. The van der Waals surface area contributed by atoms with Gasteiger partial charge in [-0.3, -0.25) is 0 Å². The van der Waals surface area contributed by atoms with Gasteiger partial charge in [-0.1, -0.05) is 29.3 Å². The Morgan fingerprint density at radius 2 is 1.77 bits per heavy atom. The predicted octanol–water partition coefficient (Wildman–Crippen LogP) is 3.75. The SMILES string of the molecule is N#Cc1ccc(Nc2nc(Cc3c(Cl)cccc3Cl)cc(NCC(O)CO)n2)cc1. The maximum Gasteiger partial charge on any atom is 0.229 e. The molecule has 1 unspecified atom stereocenters. The van der Waals surface area contributed by atoms with E-state index < -0.39 is 6.10 Å². The van der Waals surface area contributed by atoms with Crippen LogP contribution in [0.2, 0.25) is 10.0 Å². The van der Waals surface area contributed by atoms with E-state index in [1.54, 1.807) is 48.5 Å². The predicted molar refractivity (Wildman–Crippen MR) is 117 cm³/mol. The first-order valence-corrected chi connectivity index (χ1v) is 9.85. The van der Waals surface area contributed by atoms with Crippen molar-refractivity contribution < 1.29 is 10.2 Å². The van der Waals surface area contributed by atoms with E-state index in [0.29, 0.717) is 45.2 Å². The Kier molecular flexibility index (Phi) is 7.44. The van der Waals surface area contributed by atoms with Gasteiger partial charge in [0.05, 0.1) is 30.0 Å². The summed E-state index contributed by atoms with van der Waals surface area (Å²) in [5.74, 6) is 0.785. The van der Waals surface area contributed by atoms with E-state index in [2.05, 4.69) is 26.7 Å². The molecule has 0 aliphatic carbocycles. The lowest BCUT2D eigenvalue weighted by atomic mass is 10.1. The van der Waals surface area contributed by atoms with Crippen molar-refractivity contribution in [3.05, 3.63) is 75.4 Å². The molecule has 9 heteroatoms. The number of aliphatic hydroxyl groups is 2. The van der Waals surface area contributed by atoms with Gasteiger partial charge in [-0.25, -0.2) is 4.98 Å². The Morgan fingerprint density at radius 1 is 1.07 bits per heavy atom. The van der Waals surface area contributed by atoms with Gasteiger partial charge in [0.1, 0.15) is 5.82 Å². The lowest BCUT2D eigenvalue weighted by molar-refractivity contribution is 0.105. The molecule has 0 bridgehead atoms. The van der Waals surface area contributed by atoms with E-state index >= 15 is 0 Å². The topological polar surface area (TPSA) is 114 Å². The maximum atomic E-state index is 9.62. The Labute approximate surface area is 183 Å². The van der Waals surface area contributed by atoms with Crippen molar-refractivity contribution in [1.29, 1.82) is 5.26 Å². The van der Waals surface area contributed by atoms with Crippen molar-refractivity contribution in [1.82, 2.24) is 9.97 Å². The van der Waals surface area contributed by atoms with Gasteiger partial charge in [-0.15, -0.1) is 0 Å². The zero-order chi connectivity index (χ0) is 21.5. The minimum absolute atomic E-state index is 0.121. The number of nitriles is 1. The molecule has 0 spiro atoms. The molecule has 1 aromatic heterocycles. The first-order valence-electron chi connectivity index (χ1n) is 9.09. The van der Waals surface area contributed by atoms with Gasteiger partial charge in [-0.05, 0) is 42.0 Å². The molecule has 1 heterocycles. The lowest BCUT2D eigenvalue weighted by Gasteiger charge is -2.14.